The Bertz CT molecular complexity index is 349. The van der Waals surface area contributed by atoms with Crippen LogP contribution in [0.25, 0.3) is 0 Å². The molecule has 0 spiro atoms. The fraction of sp³-hybridized carbons (Fsp3) is 0.500. The van der Waals surface area contributed by atoms with Gasteiger partial charge in [-0.2, -0.15) is 0 Å². The quantitative estimate of drug-likeness (QED) is 0.830. The van der Waals surface area contributed by atoms with E-state index in [0.717, 1.165) is 18.4 Å². The van der Waals surface area contributed by atoms with Gasteiger partial charge in [-0.05, 0) is 36.5 Å². The van der Waals surface area contributed by atoms with E-state index in [1.54, 1.807) is 6.07 Å². The second kappa shape index (κ2) is 4.19. The first kappa shape index (κ1) is 10.4. The molecule has 2 rings (SSSR count). The van der Waals surface area contributed by atoms with Crippen LogP contribution in [-0.2, 0) is 0 Å². The van der Waals surface area contributed by atoms with Crippen LogP contribution >= 0.6 is 0 Å². The van der Waals surface area contributed by atoms with E-state index in [2.05, 4.69) is 0 Å². The minimum atomic E-state index is -0.329. The van der Waals surface area contributed by atoms with Crippen molar-refractivity contribution >= 4 is 0 Å². The molecule has 82 valence electrons. The molecular formula is C12H16FNO. The van der Waals surface area contributed by atoms with E-state index in [1.807, 2.05) is 6.07 Å². The Kier molecular flexibility index (Phi) is 2.91. The molecule has 1 fully saturated rings. The van der Waals surface area contributed by atoms with Gasteiger partial charge in [0.15, 0.2) is 11.6 Å². The summed E-state index contributed by atoms with van der Waals surface area (Å²) in [6.07, 6.45) is 3.57. The Morgan fingerprint density at radius 2 is 2.20 bits per heavy atom. The summed E-state index contributed by atoms with van der Waals surface area (Å²) in [5, 5.41) is 0. The van der Waals surface area contributed by atoms with Crippen molar-refractivity contribution in [3.05, 3.63) is 29.6 Å². The molecule has 0 saturated heterocycles. The van der Waals surface area contributed by atoms with E-state index in [-0.39, 0.29) is 17.6 Å². The number of halogens is 1. The van der Waals surface area contributed by atoms with Crippen LogP contribution < -0.4 is 10.5 Å². The zero-order valence-corrected chi connectivity index (χ0v) is 8.87. The predicted molar refractivity (Wildman–Crippen MR) is 57.2 cm³/mol. The van der Waals surface area contributed by atoms with Crippen LogP contribution in [0.5, 0.6) is 5.75 Å². The Hall–Kier alpha value is -1.09. The first-order valence-electron chi connectivity index (χ1n) is 5.31. The number of benzene rings is 1. The Morgan fingerprint density at radius 1 is 1.47 bits per heavy atom. The topological polar surface area (TPSA) is 35.2 Å². The maximum absolute atomic E-state index is 13.4. The van der Waals surface area contributed by atoms with Crippen molar-refractivity contribution in [3.63, 3.8) is 0 Å². The largest absolute Gasteiger partial charge is 0.494 e. The molecule has 0 aliphatic heterocycles. The second-order valence-corrected chi connectivity index (χ2v) is 4.11. The van der Waals surface area contributed by atoms with Gasteiger partial charge in [0.1, 0.15) is 0 Å². The van der Waals surface area contributed by atoms with Crippen molar-refractivity contribution in [1.82, 2.24) is 0 Å². The van der Waals surface area contributed by atoms with E-state index in [0.29, 0.717) is 5.92 Å². The van der Waals surface area contributed by atoms with Crippen molar-refractivity contribution in [2.75, 3.05) is 7.11 Å². The lowest BCUT2D eigenvalue weighted by Crippen LogP contribution is -2.26. The van der Waals surface area contributed by atoms with E-state index < -0.39 is 0 Å². The molecule has 0 bridgehead atoms. The fourth-order valence-corrected chi connectivity index (χ4v) is 1.96. The zero-order chi connectivity index (χ0) is 10.8. The van der Waals surface area contributed by atoms with E-state index >= 15 is 0 Å². The average molecular weight is 209 g/mol. The molecule has 0 aromatic heterocycles. The molecule has 1 aromatic rings. The molecule has 1 saturated carbocycles. The van der Waals surface area contributed by atoms with Crippen LogP contribution in [0.15, 0.2) is 18.2 Å². The molecule has 0 radical (unpaired) electrons. The van der Waals surface area contributed by atoms with Crippen LogP contribution in [0.3, 0.4) is 0 Å². The van der Waals surface area contributed by atoms with Crippen molar-refractivity contribution in [2.45, 2.75) is 25.3 Å². The van der Waals surface area contributed by atoms with Gasteiger partial charge in [-0.1, -0.05) is 12.5 Å². The van der Waals surface area contributed by atoms with Gasteiger partial charge in [-0.25, -0.2) is 4.39 Å². The molecule has 0 amide bonds. The van der Waals surface area contributed by atoms with Gasteiger partial charge >= 0.3 is 0 Å². The van der Waals surface area contributed by atoms with E-state index in [9.17, 15) is 4.39 Å². The van der Waals surface area contributed by atoms with Gasteiger partial charge in [0.2, 0.25) is 0 Å². The van der Waals surface area contributed by atoms with Gasteiger partial charge in [-0.15, -0.1) is 0 Å². The minimum absolute atomic E-state index is 0.0286. The fourth-order valence-electron chi connectivity index (χ4n) is 1.96. The third-order valence-electron chi connectivity index (χ3n) is 3.22. The Labute approximate surface area is 89.2 Å². The van der Waals surface area contributed by atoms with Crippen LogP contribution in [0.2, 0.25) is 0 Å². The maximum Gasteiger partial charge on any atom is 0.165 e. The highest BCUT2D eigenvalue weighted by Gasteiger charge is 2.25. The normalized spacial score (nSPS) is 18.3. The monoisotopic (exact) mass is 209 g/mol. The van der Waals surface area contributed by atoms with Gasteiger partial charge in [-0.3, -0.25) is 0 Å². The highest BCUT2D eigenvalue weighted by atomic mass is 19.1. The number of nitrogens with two attached hydrogens (primary N) is 1. The Morgan fingerprint density at radius 3 is 2.67 bits per heavy atom. The summed E-state index contributed by atoms with van der Waals surface area (Å²) in [7, 11) is 1.46. The first-order valence-corrected chi connectivity index (χ1v) is 5.31. The summed E-state index contributed by atoms with van der Waals surface area (Å²) < 4.78 is 18.3. The first-order chi connectivity index (χ1) is 7.22. The van der Waals surface area contributed by atoms with Crippen molar-refractivity contribution in [1.29, 1.82) is 0 Å². The third-order valence-corrected chi connectivity index (χ3v) is 3.22. The SMILES string of the molecule is COc1ccc([C@@H](N)C2CCC2)cc1F. The number of hydrogen-bond donors (Lipinski definition) is 1. The summed E-state index contributed by atoms with van der Waals surface area (Å²) in [6, 6.07) is 4.95. The van der Waals surface area contributed by atoms with Crippen LogP contribution in [0.4, 0.5) is 4.39 Å². The summed E-state index contributed by atoms with van der Waals surface area (Å²) >= 11 is 0. The highest BCUT2D eigenvalue weighted by Crippen LogP contribution is 2.36. The van der Waals surface area contributed by atoms with Crippen LogP contribution in [-0.4, -0.2) is 7.11 Å². The van der Waals surface area contributed by atoms with Gasteiger partial charge in [0.25, 0.3) is 0 Å². The summed E-state index contributed by atoms with van der Waals surface area (Å²) in [4.78, 5) is 0. The molecule has 1 aliphatic carbocycles. The smallest absolute Gasteiger partial charge is 0.165 e. The molecule has 15 heavy (non-hydrogen) atoms. The lowest BCUT2D eigenvalue weighted by Gasteiger charge is -2.31. The predicted octanol–water partition coefficient (Wildman–Crippen LogP) is 2.63. The average Bonchev–Trinajstić information content (AvgIpc) is 2.15. The number of hydrogen-bond acceptors (Lipinski definition) is 2. The molecule has 1 aliphatic rings. The minimum Gasteiger partial charge on any atom is -0.494 e. The molecule has 2 N–H and O–H groups in total. The van der Waals surface area contributed by atoms with E-state index in [1.165, 1.54) is 19.6 Å². The number of rotatable bonds is 3. The van der Waals surface area contributed by atoms with Crippen LogP contribution in [0.1, 0.15) is 30.9 Å². The molecule has 2 nitrogen and oxygen atoms in total. The van der Waals surface area contributed by atoms with Crippen LogP contribution in [0, 0.1) is 11.7 Å². The molecule has 0 heterocycles. The standard InChI is InChI=1S/C12H16FNO/c1-15-11-6-5-9(7-10(11)13)12(14)8-3-2-4-8/h5-8,12H,2-4,14H2,1H3/t12-/m0/s1. The molecule has 0 unspecified atom stereocenters. The second-order valence-electron chi connectivity index (χ2n) is 4.11. The maximum atomic E-state index is 13.4. The Balaban J connectivity index is 2.17. The highest BCUT2D eigenvalue weighted by molar-refractivity contribution is 5.31. The van der Waals surface area contributed by atoms with Gasteiger partial charge < -0.3 is 10.5 Å². The third kappa shape index (κ3) is 1.97. The van der Waals surface area contributed by atoms with Gasteiger partial charge in [0, 0.05) is 6.04 Å². The molecule has 1 aromatic carbocycles. The lowest BCUT2D eigenvalue weighted by molar-refractivity contribution is 0.263. The summed E-state index contributed by atoms with van der Waals surface area (Å²) in [5.41, 5.74) is 6.93. The molecular weight excluding hydrogens is 193 g/mol. The molecule has 3 heteroatoms. The summed E-state index contributed by atoms with van der Waals surface area (Å²) in [6.45, 7) is 0. The zero-order valence-electron chi connectivity index (χ0n) is 8.87. The van der Waals surface area contributed by atoms with Gasteiger partial charge in [0.05, 0.1) is 7.11 Å². The van der Waals surface area contributed by atoms with Crippen molar-refractivity contribution in [2.24, 2.45) is 11.7 Å². The lowest BCUT2D eigenvalue weighted by atomic mass is 9.77. The van der Waals surface area contributed by atoms with E-state index in [4.69, 9.17) is 10.5 Å². The molecule has 1 atom stereocenters. The van der Waals surface area contributed by atoms with Crippen molar-refractivity contribution in [3.8, 4) is 5.75 Å². The number of methoxy groups -OCH3 is 1. The van der Waals surface area contributed by atoms with Crippen molar-refractivity contribution < 1.29 is 9.13 Å². The number of ether oxygens (including phenoxy) is 1. The summed E-state index contributed by atoms with van der Waals surface area (Å²) in [5.74, 6) is 0.474.